The molecule has 1 aliphatic carbocycles. The van der Waals surface area contributed by atoms with Gasteiger partial charge in [-0.25, -0.2) is 4.98 Å². The molecule has 1 atom stereocenters. The molecule has 106 valence electrons. The van der Waals surface area contributed by atoms with Gasteiger partial charge in [-0.05, 0) is 23.4 Å². The Morgan fingerprint density at radius 1 is 1.20 bits per heavy atom. The van der Waals surface area contributed by atoms with Crippen molar-refractivity contribution in [2.45, 2.75) is 18.2 Å². The van der Waals surface area contributed by atoms with Crippen LogP contribution in [0.3, 0.4) is 0 Å². The van der Waals surface area contributed by atoms with Gasteiger partial charge >= 0.3 is 6.18 Å². The van der Waals surface area contributed by atoms with Crippen molar-refractivity contribution in [2.75, 3.05) is 0 Å². The SMILES string of the molecule is Cl.OC1(C(F)(F)F)C=c2nc3ccccc3cc2=CC1. The van der Waals surface area contributed by atoms with Crippen molar-refractivity contribution in [2.24, 2.45) is 0 Å². The molecule has 2 nitrogen and oxygen atoms in total. The fourth-order valence-corrected chi connectivity index (χ4v) is 2.17. The zero-order valence-corrected chi connectivity index (χ0v) is 11.0. The fraction of sp³-hybridized carbons (Fsp3) is 0.214. The predicted molar refractivity (Wildman–Crippen MR) is 72.8 cm³/mol. The Morgan fingerprint density at radius 2 is 1.90 bits per heavy atom. The van der Waals surface area contributed by atoms with Crippen molar-refractivity contribution in [3.05, 3.63) is 40.9 Å². The molecule has 1 aromatic carbocycles. The van der Waals surface area contributed by atoms with Crippen LogP contribution in [0.2, 0.25) is 0 Å². The molecule has 0 radical (unpaired) electrons. The summed E-state index contributed by atoms with van der Waals surface area (Å²) in [6, 6.07) is 8.97. The first-order valence-corrected chi connectivity index (χ1v) is 5.77. The molecule has 3 rings (SSSR count). The number of nitrogens with zero attached hydrogens (tertiary/aromatic N) is 1. The van der Waals surface area contributed by atoms with E-state index < -0.39 is 18.2 Å². The second-order valence-electron chi connectivity index (χ2n) is 4.63. The van der Waals surface area contributed by atoms with Crippen LogP contribution in [0.4, 0.5) is 13.2 Å². The summed E-state index contributed by atoms with van der Waals surface area (Å²) in [5.74, 6) is 0. The quantitative estimate of drug-likeness (QED) is 0.806. The van der Waals surface area contributed by atoms with Crippen molar-refractivity contribution in [3.8, 4) is 0 Å². The lowest BCUT2D eigenvalue weighted by atomic mass is 9.93. The molecule has 2 aromatic rings. The standard InChI is InChI=1S/C14H10F3NO.ClH/c15-14(16,17)13(19)6-5-10-7-9-3-1-2-4-11(9)18-12(10)8-13;/h1-5,7-8,19H,6H2;1H. The molecule has 0 bridgehead atoms. The highest BCUT2D eigenvalue weighted by Crippen LogP contribution is 2.35. The molecule has 6 heteroatoms. The summed E-state index contributed by atoms with van der Waals surface area (Å²) < 4.78 is 38.4. The highest BCUT2D eigenvalue weighted by molar-refractivity contribution is 5.85. The van der Waals surface area contributed by atoms with Crippen LogP contribution in [-0.4, -0.2) is 21.9 Å². The summed E-state index contributed by atoms with van der Waals surface area (Å²) >= 11 is 0. The van der Waals surface area contributed by atoms with Gasteiger partial charge in [0, 0.05) is 11.8 Å². The maximum absolute atomic E-state index is 12.8. The molecule has 20 heavy (non-hydrogen) atoms. The molecule has 1 unspecified atom stereocenters. The first-order chi connectivity index (χ1) is 8.89. The molecule has 1 aromatic heterocycles. The van der Waals surface area contributed by atoms with Gasteiger partial charge < -0.3 is 5.11 Å². The van der Waals surface area contributed by atoms with Crippen molar-refractivity contribution >= 4 is 35.5 Å². The normalized spacial score (nSPS) is 21.4. The van der Waals surface area contributed by atoms with Crippen LogP contribution in [0.25, 0.3) is 23.1 Å². The Morgan fingerprint density at radius 3 is 2.60 bits per heavy atom. The van der Waals surface area contributed by atoms with E-state index in [4.69, 9.17) is 0 Å². The van der Waals surface area contributed by atoms with E-state index in [1.54, 1.807) is 18.2 Å². The van der Waals surface area contributed by atoms with Gasteiger partial charge in [0.2, 0.25) is 0 Å². The van der Waals surface area contributed by atoms with Crippen LogP contribution in [-0.2, 0) is 0 Å². The van der Waals surface area contributed by atoms with Crippen LogP contribution in [0.1, 0.15) is 6.42 Å². The third kappa shape index (κ3) is 2.27. The number of aliphatic hydroxyl groups is 1. The van der Waals surface area contributed by atoms with E-state index in [2.05, 4.69) is 4.98 Å². The lowest BCUT2D eigenvalue weighted by Gasteiger charge is -2.27. The number of benzene rings is 1. The van der Waals surface area contributed by atoms with Crippen LogP contribution in [0.15, 0.2) is 30.3 Å². The number of pyridine rings is 1. The third-order valence-corrected chi connectivity index (χ3v) is 3.28. The summed E-state index contributed by atoms with van der Waals surface area (Å²) in [6.45, 7) is 0. The average Bonchev–Trinajstić information content (AvgIpc) is 2.35. The molecule has 0 amide bonds. The Balaban J connectivity index is 0.00000147. The topological polar surface area (TPSA) is 33.1 Å². The fourth-order valence-electron chi connectivity index (χ4n) is 2.17. The zero-order chi connectivity index (χ0) is 13.7. The molecule has 0 saturated heterocycles. The maximum atomic E-state index is 12.8. The zero-order valence-electron chi connectivity index (χ0n) is 10.2. The lowest BCUT2D eigenvalue weighted by Crippen LogP contribution is -2.49. The van der Waals surface area contributed by atoms with Gasteiger partial charge in [0.15, 0.2) is 5.60 Å². The smallest absolute Gasteiger partial charge is 0.376 e. The van der Waals surface area contributed by atoms with Crippen molar-refractivity contribution in [1.82, 2.24) is 4.98 Å². The molecule has 1 heterocycles. The van der Waals surface area contributed by atoms with Crippen molar-refractivity contribution in [1.29, 1.82) is 0 Å². The van der Waals surface area contributed by atoms with Gasteiger partial charge in [0.1, 0.15) is 0 Å². The molecule has 1 aliphatic rings. The molecule has 0 spiro atoms. The number of fused-ring (bicyclic) bond motifs is 2. The van der Waals surface area contributed by atoms with Gasteiger partial charge in [0.05, 0.1) is 10.9 Å². The number of rotatable bonds is 0. The van der Waals surface area contributed by atoms with Gasteiger partial charge in [-0.15, -0.1) is 12.4 Å². The Hall–Kier alpha value is -1.59. The number of hydrogen-bond donors (Lipinski definition) is 1. The molecule has 0 aliphatic heterocycles. The highest BCUT2D eigenvalue weighted by Gasteiger charge is 2.52. The van der Waals surface area contributed by atoms with E-state index in [9.17, 15) is 18.3 Å². The van der Waals surface area contributed by atoms with Gasteiger partial charge in [-0.3, -0.25) is 0 Å². The predicted octanol–water partition coefficient (Wildman–Crippen LogP) is 1.91. The van der Waals surface area contributed by atoms with Crippen molar-refractivity contribution < 1.29 is 18.3 Å². The minimum atomic E-state index is -4.70. The Bertz CT molecular complexity index is 772. The average molecular weight is 302 g/mol. The van der Waals surface area contributed by atoms with E-state index in [1.165, 1.54) is 6.08 Å². The lowest BCUT2D eigenvalue weighted by molar-refractivity contribution is -0.230. The Kier molecular flexibility index (Phi) is 3.52. The van der Waals surface area contributed by atoms with Gasteiger partial charge in [-0.1, -0.05) is 24.3 Å². The number of aromatic nitrogens is 1. The molecule has 0 saturated carbocycles. The third-order valence-electron chi connectivity index (χ3n) is 3.28. The van der Waals surface area contributed by atoms with Gasteiger partial charge in [-0.2, -0.15) is 13.2 Å². The minimum Gasteiger partial charge on any atom is -0.376 e. The number of alkyl halides is 3. The maximum Gasteiger partial charge on any atom is 0.421 e. The van der Waals surface area contributed by atoms with Crippen LogP contribution < -0.4 is 10.6 Å². The van der Waals surface area contributed by atoms with Crippen LogP contribution in [0.5, 0.6) is 0 Å². The first-order valence-electron chi connectivity index (χ1n) is 5.77. The van der Waals surface area contributed by atoms with E-state index in [0.717, 1.165) is 11.5 Å². The summed E-state index contributed by atoms with van der Waals surface area (Å²) in [7, 11) is 0. The van der Waals surface area contributed by atoms with Crippen LogP contribution >= 0.6 is 12.4 Å². The number of para-hydroxylation sites is 1. The highest BCUT2D eigenvalue weighted by atomic mass is 35.5. The number of hydrogen-bond acceptors (Lipinski definition) is 2. The van der Waals surface area contributed by atoms with Gasteiger partial charge in [0.25, 0.3) is 0 Å². The minimum absolute atomic E-state index is 0. The Labute approximate surface area is 118 Å². The first kappa shape index (κ1) is 14.8. The summed E-state index contributed by atoms with van der Waals surface area (Å²) in [5, 5.41) is 11.3. The molecule has 0 fully saturated rings. The van der Waals surface area contributed by atoms with E-state index in [1.807, 2.05) is 12.1 Å². The largest absolute Gasteiger partial charge is 0.421 e. The van der Waals surface area contributed by atoms with E-state index in [-0.39, 0.29) is 17.8 Å². The summed E-state index contributed by atoms with van der Waals surface area (Å²) in [4.78, 5) is 4.18. The number of halogens is 4. The second kappa shape index (κ2) is 4.75. The summed E-state index contributed by atoms with van der Waals surface area (Å²) in [6.07, 6.45) is -3.00. The van der Waals surface area contributed by atoms with E-state index in [0.29, 0.717) is 10.7 Å². The summed E-state index contributed by atoms with van der Waals surface area (Å²) in [5.41, 5.74) is -2.22. The molecular weight excluding hydrogens is 291 g/mol. The monoisotopic (exact) mass is 301 g/mol. The van der Waals surface area contributed by atoms with Crippen molar-refractivity contribution in [3.63, 3.8) is 0 Å². The molecular formula is C14H11ClF3NO. The van der Waals surface area contributed by atoms with E-state index >= 15 is 0 Å². The molecule has 1 N–H and O–H groups in total. The second-order valence-corrected chi connectivity index (χ2v) is 4.63. The van der Waals surface area contributed by atoms with Crippen LogP contribution in [0, 0.1) is 0 Å².